The van der Waals surface area contributed by atoms with Crippen LogP contribution in [0.4, 0.5) is 0 Å². The van der Waals surface area contributed by atoms with E-state index in [1.54, 1.807) is 27.9 Å². The molecular formula is C30H42O13. The first-order valence-electron chi connectivity index (χ1n) is 14.4. The number of hydrogen-bond donors (Lipinski definition) is 0. The Morgan fingerprint density at radius 1 is 0.930 bits per heavy atom. The zero-order chi connectivity index (χ0) is 30.9. The average Bonchev–Trinajstić information content (AvgIpc) is 3.34. The zero-order valence-electron chi connectivity index (χ0n) is 25.6. The molecule has 0 radical (unpaired) electrons. The molecule has 0 aliphatic carbocycles. The third-order valence-electron chi connectivity index (χ3n) is 8.17. The molecule has 0 aromatic heterocycles. The van der Waals surface area contributed by atoms with Crippen molar-refractivity contribution in [2.24, 2.45) is 5.41 Å². The van der Waals surface area contributed by atoms with Gasteiger partial charge in [-0.1, -0.05) is 30.3 Å². The molecule has 4 aliphatic heterocycles. The molecule has 4 heterocycles. The smallest absolute Gasteiger partial charge is 0.312 e. The van der Waals surface area contributed by atoms with Crippen LogP contribution in [0.1, 0.15) is 39.0 Å². The fourth-order valence-electron chi connectivity index (χ4n) is 5.97. The molecule has 1 aromatic rings. The quantitative estimate of drug-likeness (QED) is 0.377. The maximum absolute atomic E-state index is 13.2. The van der Waals surface area contributed by atoms with Crippen LogP contribution in [0.3, 0.4) is 0 Å². The number of carbonyl (C=O) groups is 2. The van der Waals surface area contributed by atoms with E-state index in [9.17, 15) is 9.59 Å². The summed E-state index contributed by atoms with van der Waals surface area (Å²) < 4.78 is 65.8. The minimum absolute atomic E-state index is 0.0907. The summed E-state index contributed by atoms with van der Waals surface area (Å²) in [5, 5.41) is 0. The van der Waals surface area contributed by atoms with Crippen LogP contribution in [-0.4, -0.2) is 115 Å². The molecule has 0 N–H and O–H groups in total. The van der Waals surface area contributed by atoms with Crippen molar-refractivity contribution in [3.05, 3.63) is 35.9 Å². The maximum atomic E-state index is 13.2. The van der Waals surface area contributed by atoms with Crippen molar-refractivity contribution in [1.29, 1.82) is 0 Å². The van der Waals surface area contributed by atoms with Gasteiger partial charge in [-0.15, -0.1) is 0 Å². The van der Waals surface area contributed by atoms with Crippen LogP contribution in [0.25, 0.3) is 0 Å². The van der Waals surface area contributed by atoms with Crippen LogP contribution in [-0.2, 0) is 61.7 Å². The number of benzene rings is 1. The van der Waals surface area contributed by atoms with Crippen LogP contribution < -0.4 is 0 Å². The molecule has 0 bridgehead atoms. The van der Waals surface area contributed by atoms with Crippen LogP contribution in [0, 0.1) is 5.41 Å². The molecule has 0 saturated carbocycles. The molecule has 43 heavy (non-hydrogen) atoms. The van der Waals surface area contributed by atoms with Gasteiger partial charge in [0.25, 0.3) is 0 Å². The monoisotopic (exact) mass is 610 g/mol. The first kappa shape index (κ1) is 32.2. The van der Waals surface area contributed by atoms with Gasteiger partial charge in [0.2, 0.25) is 5.79 Å². The van der Waals surface area contributed by atoms with Gasteiger partial charge in [-0.3, -0.25) is 9.59 Å². The summed E-state index contributed by atoms with van der Waals surface area (Å²) in [5.74, 6) is -2.69. The number of fused-ring (bicyclic) bond motifs is 2. The number of rotatable bonds is 9. The third kappa shape index (κ3) is 6.33. The Labute approximate surface area is 251 Å². The first-order chi connectivity index (χ1) is 20.5. The van der Waals surface area contributed by atoms with Crippen LogP contribution in [0.15, 0.2) is 30.3 Å². The topological polar surface area (TPSA) is 136 Å². The van der Waals surface area contributed by atoms with Gasteiger partial charge in [0, 0.05) is 34.0 Å². The Kier molecular flexibility index (Phi) is 9.76. The molecule has 0 spiro atoms. The molecule has 4 fully saturated rings. The van der Waals surface area contributed by atoms with Gasteiger partial charge >= 0.3 is 11.9 Å². The molecule has 4 saturated heterocycles. The van der Waals surface area contributed by atoms with Gasteiger partial charge in [0.1, 0.15) is 43.0 Å². The zero-order valence-corrected chi connectivity index (χ0v) is 25.6. The molecule has 7 unspecified atom stereocenters. The lowest BCUT2D eigenvalue weighted by molar-refractivity contribution is -0.396. The summed E-state index contributed by atoms with van der Waals surface area (Å²) in [6, 6.07) is 9.38. The molecule has 11 atom stereocenters. The largest absolute Gasteiger partial charge is 0.455 e. The lowest BCUT2D eigenvalue weighted by Crippen LogP contribution is -2.68. The lowest BCUT2D eigenvalue weighted by atomic mass is 9.90. The minimum atomic E-state index is -1.63. The highest BCUT2D eigenvalue weighted by atomic mass is 16.8. The van der Waals surface area contributed by atoms with Crippen molar-refractivity contribution in [2.45, 2.75) is 94.4 Å². The number of hydrogen-bond acceptors (Lipinski definition) is 13. The minimum Gasteiger partial charge on any atom is -0.455 e. The normalized spacial score (nSPS) is 39.5. The van der Waals surface area contributed by atoms with Crippen LogP contribution in [0.2, 0.25) is 0 Å². The predicted molar refractivity (Wildman–Crippen MR) is 145 cm³/mol. The van der Waals surface area contributed by atoms with Crippen molar-refractivity contribution in [3.63, 3.8) is 0 Å². The van der Waals surface area contributed by atoms with E-state index in [1.807, 2.05) is 30.3 Å². The lowest BCUT2D eigenvalue weighted by Gasteiger charge is -2.51. The second kappa shape index (κ2) is 13.0. The number of ether oxygens (including phenoxy) is 11. The van der Waals surface area contributed by atoms with Crippen molar-refractivity contribution < 1.29 is 61.7 Å². The van der Waals surface area contributed by atoms with E-state index in [0.29, 0.717) is 0 Å². The first-order valence-corrected chi connectivity index (χ1v) is 14.4. The summed E-state index contributed by atoms with van der Waals surface area (Å²) in [7, 11) is 6.10. The molecule has 1 aromatic carbocycles. The number of esters is 2. The molecule has 13 nitrogen and oxygen atoms in total. The highest BCUT2D eigenvalue weighted by molar-refractivity contribution is 5.76. The van der Waals surface area contributed by atoms with Crippen LogP contribution in [0.5, 0.6) is 0 Å². The SMILES string of the molecule is COC1C(OC)[C@H](OC)C(CO[C@]23CC(=O)OC2C(OC(=O)C(C)(C)C)[C@@H]2OC(c4ccccc4)OCC2O3)O[C@@H]1OC. The van der Waals surface area contributed by atoms with Gasteiger partial charge < -0.3 is 52.1 Å². The fraction of sp³-hybridized carbons (Fsp3) is 0.733. The second-order valence-corrected chi connectivity index (χ2v) is 12.0. The molecular weight excluding hydrogens is 568 g/mol. The highest BCUT2D eigenvalue weighted by Gasteiger charge is 2.66. The Bertz CT molecular complexity index is 1110. The third-order valence-corrected chi connectivity index (χ3v) is 8.17. The van der Waals surface area contributed by atoms with E-state index in [0.717, 1.165) is 5.56 Å². The Morgan fingerprint density at radius 2 is 1.63 bits per heavy atom. The summed E-state index contributed by atoms with van der Waals surface area (Å²) in [6.45, 7) is 5.21. The Hall–Kier alpha value is -2.20. The summed E-state index contributed by atoms with van der Waals surface area (Å²) >= 11 is 0. The molecule has 13 heteroatoms. The number of carbonyl (C=O) groups excluding carboxylic acids is 2. The summed E-state index contributed by atoms with van der Waals surface area (Å²) in [4.78, 5) is 26.1. The van der Waals surface area contributed by atoms with E-state index in [-0.39, 0.29) is 19.6 Å². The van der Waals surface area contributed by atoms with Crippen LogP contribution >= 0.6 is 0 Å². The van der Waals surface area contributed by atoms with Gasteiger partial charge in [-0.2, -0.15) is 0 Å². The van der Waals surface area contributed by atoms with Crippen molar-refractivity contribution >= 4 is 11.9 Å². The summed E-state index contributed by atoms with van der Waals surface area (Å²) in [5.41, 5.74) is -0.0542. The Balaban J connectivity index is 1.42. The van der Waals surface area contributed by atoms with E-state index in [2.05, 4.69) is 0 Å². The number of methoxy groups -OCH3 is 4. The van der Waals surface area contributed by atoms with Gasteiger partial charge in [-0.05, 0) is 20.8 Å². The fourth-order valence-corrected chi connectivity index (χ4v) is 5.97. The van der Waals surface area contributed by atoms with Gasteiger partial charge in [0.05, 0.1) is 18.6 Å². The van der Waals surface area contributed by atoms with E-state index >= 15 is 0 Å². The predicted octanol–water partition coefficient (Wildman–Crippen LogP) is 1.90. The van der Waals surface area contributed by atoms with Crippen molar-refractivity contribution in [3.8, 4) is 0 Å². The molecule has 240 valence electrons. The highest BCUT2D eigenvalue weighted by Crippen LogP contribution is 2.46. The van der Waals surface area contributed by atoms with E-state index < -0.39 is 84.6 Å². The Morgan fingerprint density at radius 3 is 2.26 bits per heavy atom. The van der Waals surface area contributed by atoms with E-state index in [4.69, 9.17) is 52.1 Å². The second-order valence-electron chi connectivity index (χ2n) is 12.0. The van der Waals surface area contributed by atoms with E-state index in [1.165, 1.54) is 21.3 Å². The average molecular weight is 611 g/mol. The standard InChI is InChI=1S/C30H42O13/c1-29(2,3)28(32)42-23-21-18(14-37-26(41-21)16-11-9-8-10-12-16)43-30(13-19(31)40-25(23)30)38-15-17-20(33-4)22(34-5)24(35-6)27(36-7)39-17/h8-12,17-18,20-27H,13-15H2,1-7H3/t17?,18?,20-,21-,22?,23?,24?,25?,26?,27+,30+/m1/s1. The van der Waals surface area contributed by atoms with Crippen molar-refractivity contribution in [2.75, 3.05) is 41.7 Å². The summed E-state index contributed by atoms with van der Waals surface area (Å²) in [6.07, 6.45) is -7.96. The van der Waals surface area contributed by atoms with Crippen molar-refractivity contribution in [1.82, 2.24) is 0 Å². The maximum Gasteiger partial charge on any atom is 0.312 e. The molecule has 4 aliphatic rings. The van der Waals surface area contributed by atoms with Gasteiger partial charge in [-0.25, -0.2) is 0 Å². The van der Waals surface area contributed by atoms with Gasteiger partial charge in [0.15, 0.2) is 24.8 Å². The molecule has 5 rings (SSSR count). The molecule has 0 amide bonds.